The van der Waals surface area contributed by atoms with Gasteiger partial charge in [-0.3, -0.25) is 4.79 Å². The van der Waals surface area contributed by atoms with E-state index in [0.717, 1.165) is 0 Å². The zero-order valence-electron chi connectivity index (χ0n) is 10.3. The number of carbonyl (C=O) groups is 1. The van der Waals surface area contributed by atoms with Gasteiger partial charge in [0.2, 0.25) is 0 Å². The molecule has 1 rings (SSSR count). The summed E-state index contributed by atoms with van der Waals surface area (Å²) in [5, 5.41) is 8.67. The Morgan fingerprint density at radius 2 is 2.06 bits per heavy atom. The van der Waals surface area contributed by atoms with Gasteiger partial charge in [0.05, 0.1) is 24.3 Å². The Labute approximate surface area is 101 Å². The highest BCUT2D eigenvalue weighted by Crippen LogP contribution is 2.08. The van der Waals surface area contributed by atoms with Crippen molar-refractivity contribution >= 4 is 5.91 Å². The van der Waals surface area contributed by atoms with Gasteiger partial charge in [0, 0.05) is 19.7 Å². The summed E-state index contributed by atoms with van der Waals surface area (Å²) in [6, 6.07) is 8.65. The number of nitriles is 1. The Kier molecular flexibility index (Phi) is 4.68. The molecule has 0 aliphatic rings. The topological polar surface area (TPSA) is 53.3 Å². The third-order valence-electron chi connectivity index (χ3n) is 2.65. The van der Waals surface area contributed by atoms with Gasteiger partial charge in [-0.25, -0.2) is 0 Å². The molecule has 17 heavy (non-hydrogen) atoms. The maximum Gasteiger partial charge on any atom is 0.253 e. The Morgan fingerprint density at radius 1 is 1.47 bits per heavy atom. The molecule has 0 fully saturated rings. The van der Waals surface area contributed by atoms with Crippen molar-refractivity contribution in [1.82, 2.24) is 4.90 Å². The minimum absolute atomic E-state index is 0.0168. The van der Waals surface area contributed by atoms with Gasteiger partial charge in [0.15, 0.2) is 0 Å². The van der Waals surface area contributed by atoms with Crippen LogP contribution in [0.2, 0.25) is 0 Å². The molecular formula is C13H16N2O2. The minimum atomic E-state index is -0.0703. The standard InChI is InChI=1S/C13H16N2O2/c1-10(9-17-3)15(2)13(16)12-6-4-11(8-14)5-7-12/h4-7,10H,9H2,1-3H3. The van der Waals surface area contributed by atoms with Crippen LogP contribution in [0.1, 0.15) is 22.8 Å². The smallest absolute Gasteiger partial charge is 0.253 e. The van der Waals surface area contributed by atoms with Crippen LogP contribution in [0.25, 0.3) is 0 Å². The van der Waals surface area contributed by atoms with Crippen LogP contribution in [0.3, 0.4) is 0 Å². The number of nitrogens with zero attached hydrogens (tertiary/aromatic N) is 2. The molecule has 0 spiro atoms. The van der Waals surface area contributed by atoms with Crippen LogP contribution in [0, 0.1) is 11.3 Å². The first-order valence-electron chi connectivity index (χ1n) is 5.36. The second-order valence-corrected chi connectivity index (χ2v) is 3.91. The summed E-state index contributed by atoms with van der Waals surface area (Å²) in [7, 11) is 3.35. The first-order chi connectivity index (χ1) is 8.10. The van der Waals surface area contributed by atoms with Crippen molar-refractivity contribution in [2.24, 2.45) is 0 Å². The van der Waals surface area contributed by atoms with Gasteiger partial charge in [-0.1, -0.05) is 0 Å². The first kappa shape index (κ1) is 13.2. The largest absolute Gasteiger partial charge is 0.383 e. The quantitative estimate of drug-likeness (QED) is 0.793. The third kappa shape index (κ3) is 3.30. The van der Waals surface area contributed by atoms with Crippen molar-refractivity contribution in [2.45, 2.75) is 13.0 Å². The Morgan fingerprint density at radius 3 is 2.53 bits per heavy atom. The van der Waals surface area contributed by atoms with Crippen LogP contribution in [-0.2, 0) is 4.74 Å². The molecule has 0 radical (unpaired) electrons. The highest BCUT2D eigenvalue weighted by atomic mass is 16.5. The molecule has 1 amide bonds. The van der Waals surface area contributed by atoms with Crippen molar-refractivity contribution in [3.8, 4) is 6.07 Å². The van der Waals surface area contributed by atoms with Crippen LogP contribution in [0.4, 0.5) is 0 Å². The minimum Gasteiger partial charge on any atom is -0.383 e. The number of amides is 1. The molecule has 0 saturated heterocycles. The molecule has 0 aliphatic heterocycles. The molecule has 1 aromatic rings. The fourth-order valence-electron chi connectivity index (χ4n) is 1.44. The zero-order valence-corrected chi connectivity index (χ0v) is 10.3. The average molecular weight is 232 g/mol. The lowest BCUT2D eigenvalue weighted by molar-refractivity contribution is 0.0633. The molecule has 1 unspecified atom stereocenters. The molecule has 0 N–H and O–H groups in total. The molecule has 0 bridgehead atoms. The number of rotatable bonds is 4. The average Bonchev–Trinajstić information content (AvgIpc) is 2.37. The highest BCUT2D eigenvalue weighted by molar-refractivity contribution is 5.94. The number of hydrogen-bond acceptors (Lipinski definition) is 3. The van der Waals surface area contributed by atoms with Crippen molar-refractivity contribution in [2.75, 3.05) is 20.8 Å². The molecule has 90 valence electrons. The van der Waals surface area contributed by atoms with Crippen LogP contribution in [0.5, 0.6) is 0 Å². The summed E-state index contributed by atoms with van der Waals surface area (Å²) in [4.78, 5) is 13.7. The lowest BCUT2D eigenvalue weighted by atomic mass is 10.1. The van der Waals surface area contributed by atoms with Gasteiger partial charge in [0.1, 0.15) is 0 Å². The Hall–Kier alpha value is -1.86. The lowest BCUT2D eigenvalue weighted by Gasteiger charge is -2.24. The summed E-state index contributed by atoms with van der Waals surface area (Å²) in [6.07, 6.45) is 0. The number of carbonyl (C=O) groups excluding carboxylic acids is 1. The molecule has 1 aromatic carbocycles. The molecule has 1 atom stereocenters. The number of ether oxygens (including phenoxy) is 1. The predicted molar refractivity (Wildman–Crippen MR) is 64.6 cm³/mol. The molecule has 4 heteroatoms. The lowest BCUT2D eigenvalue weighted by Crippen LogP contribution is -2.37. The Bertz CT molecular complexity index is 420. The number of benzene rings is 1. The van der Waals surface area contributed by atoms with Crippen molar-refractivity contribution in [3.05, 3.63) is 35.4 Å². The maximum atomic E-state index is 12.0. The van der Waals surface area contributed by atoms with E-state index in [1.807, 2.05) is 13.0 Å². The van der Waals surface area contributed by atoms with E-state index in [1.54, 1.807) is 43.3 Å². The summed E-state index contributed by atoms with van der Waals surface area (Å²) in [5.41, 5.74) is 1.13. The SMILES string of the molecule is COCC(C)N(C)C(=O)c1ccc(C#N)cc1. The molecule has 0 saturated carbocycles. The maximum absolute atomic E-state index is 12.0. The molecular weight excluding hydrogens is 216 g/mol. The van der Waals surface area contributed by atoms with Crippen molar-refractivity contribution in [3.63, 3.8) is 0 Å². The van der Waals surface area contributed by atoms with Gasteiger partial charge in [-0.05, 0) is 31.2 Å². The van der Waals surface area contributed by atoms with Crippen LogP contribution >= 0.6 is 0 Å². The monoisotopic (exact) mass is 232 g/mol. The van der Waals surface area contributed by atoms with E-state index in [2.05, 4.69) is 0 Å². The summed E-state index contributed by atoms with van der Waals surface area (Å²) >= 11 is 0. The van der Waals surface area contributed by atoms with Crippen LogP contribution in [0.15, 0.2) is 24.3 Å². The van der Waals surface area contributed by atoms with E-state index >= 15 is 0 Å². The highest BCUT2D eigenvalue weighted by Gasteiger charge is 2.16. The van der Waals surface area contributed by atoms with E-state index in [4.69, 9.17) is 10.00 Å². The van der Waals surface area contributed by atoms with E-state index in [-0.39, 0.29) is 11.9 Å². The number of hydrogen-bond donors (Lipinski definition) is 0. The van der Waals surface area contributed by atoms with Gasteiger partial charge in [-0.2, -0.15) is 5.26 Å². The second-order valence-electron chi connectivity index (χ2n) is 3.91. The molecule has 0 aliphatic carbocycles. The van der Waals surface area contributed by atoms with E-state index < -0.39 is 0 Å². The molecule has 0 heterocycles. The van der Waals surface area contributed by atoms with E-state index in [9.17, 15) is 4.79 Å². The van der Waals surface area contributed by atoms with Crippen LogP contribution in [-0.4, -0.2) is 37.6 Å². The van der Waals surface area contributed by atoms with Gasteiger partial charge in [-0.15, -0.1) is 0 Å². The van der Waals surface area contributed by atoms with E-state index in [0.29, 0.717) is 17.7 Å². The van der Waals surface area contributed by atoms with Gasteiger partial charge < -0.3 is 9.64 Å². The normalized spacial score (nSPS) is 11.6. The fraction of sp³-hybridized carbons (Fsp3) is 0.385. The summed E-state index contributed by atoms with van der Waals surface area (Å²) < 4.78 is 5.01. The van der Waals surface area contributed by atoms with E-state index in [1.165, 1.54) is 0 Å². The first-order valence-corrected chi connectivity index (χ1v) is 5.36. The fourth-order valence-corrected chi connectivity index (χ4v) is 1.44. The summed E-state index contributed by atoms with van der Waals surface area (Å²) in [5.74, 6) is -0.0703. The van der Waals surface area contributed by atoms with Gasteiger partial charge >= 0.3 is 0 Å². The third-order valence-corrected chi connectivity index (χ3v) is 2.65. The van der Waals surface area contributed by atoms with Crippen LogP contribution < -0.4 is 0 Å². The summed E-state index contributed by atoms with van der Waals surface area (Å²) in [6.45, 7) is 2.42. The number of likely N-dealkylation sites (N-methyl/N-ethyl adjacent to an activating group) is 1. The predicted octanol–water partition coefficient (Wildman–Crippen LogP) is 1.67. The Balaban J connectivity index is 2.78. The van der Waals surface area contributed by atoms with Crippen molar-refractivity contribution < 1.29 is 9.53 Å². The molecule has 0 aromatic heterocycles. The van der Waals surface area contributed by atoms with Gasteiger partial charge in [0.25, 0.3) is 5.91 Å². The molecule has 4 nitrogen and oxygen atoms in total. The second kappa shape index (κ2) is 6.02. The number of methoxy groups -OCH3 is 1. The zero-order chi connectivity index (χ0) is 12.8. The van der Waals surface area contributed by atoms with Crippen molar-refractivity contribution in [1.29, 1.82) is 5.26 Å².